The molecule has 7 heteroatoms. The summed E-state index contributed by atoms with van der Waals surface area (Å²) in [5.74, 6) is 0. The van der Waals surface area contributed by atoms with E-state index in [0.717, 1.165) is 0 Å². The second-order valence-electron chi connectivity index (χ2n) is 3.90. The first-order valence-electron chi connectivity index (χ1n) is 5.16. The number of rotatable bonds is 2. The van der Waals surface area contributed by atoms with E-state index in [1.54, 1.807) is 0 Å². The van der Waals surface area contributed by atoms with Crippen LogP contribution in [0.25, 0.3) is 0 Å². The highest BCUT2D eigenvalue weighted by Gasteiger charge is 2.30. The average molecular weight is 252 g/mol. The van der Waals surface area contributed by atoms with Crippen molar-refractivity contribution in [3.05, 3.63) is 24.0 Å². The molecule has 0 amide bonds. The summed E-state index contributed by atoms with van der Waals surface area (Å²) in [6, 6.07) is 4.53. The van der Waals surface area contributed by atoms with E-state index in [2.05, 4.69) is 4.98 Å². The zero-order valence-electron chi connectivity index (χ0n) is 9.07. The number of nitrogens with two attached hydrogens (primary N) is 1. The quantitative estimate of drug-likeness (QED) is 0.777. The van der Waals surface area contributed by atoms with Crippen molar-refractivity contribution >= 4 is 10.0 Å². The van der Waals surface area contributed by atoms with Crippen LogP contribution in [0.4, 0.5) is 0 Å². The molecule has 0 spiro atoms. The number of nitrogens with zero attached hydrogens (tertiary/aromatic N) is 3. The fraction of sp³-hybridized carbons (Fsp3) is 0.400. The van der Waals surface area contributed by atoms with E-state index in [0.29, 0.717) is 19.5 Å². The van der Waals surface area contributed by atoms with Gasteiger partial charge in [-0.25, -0.2) is 13.4 Å². The summed E-state index contributed by atoms with van der Waals surface area (Å²) in [6.07, 6.45) is 1.88. The third-order valence-corrected chi connectivity index (χ3v) is 4.52. The summed E-state index contributed by atoms with van der Waals surface area (Å²) in [5, 5.41) is 8.59. The Labute approximate surface area is 99.7 Å². The Bertz CT molecular complexity index is 547. The summed E-state index contributed by atoms with van der Waals surface area (Å²) in [6.45, 7) is 0.770. The molecule has 6 nitrogen and oxygen atoms in total. The first-order valence-corrected chi connectivity index (χ1v) is 6.60. The van der Waals surface area contributed by atoms with Gasteiger partial charge in [0.25, 0.3) is 0 Å². The van der Waals surface area contributed by atoms with E-state index in [1.165, 1.54) is 22.6 Å². The van der Waals surface area contributed by atoms with Crippen LogP contribution in [-0.2, 0) is 10.0 Å². The molecule has 0 bridgehead atoms. The lowest BCUT2D eigenvalue weighted by Crippen LogP contribution is -2.32. The highest BCUT2D eigenvalue weighted by atomic mass is 32.2. The molecule has 1 aliphatic rings. The van der Waals surface area contributed by atoms with Crippen LogP contribution in [0.5, 0.6) is 0 Å². The van der Waals surface area contributed by atoms with E-state index < -0.39 is 10.0 Å². The third-order valence-electron chi connectivity index (χ3n) is 2.68. The second kappa shape index (κ2) is 4.41. The first-order chi connectivity index (χ1) is 8.04. The van der Waals surface area contributed by atoms with Gasteiger partial charge < -0.3 is 5.73 Å². The van der Waals surface area contributed by atoms with Gasteiger partial charge in [-0.15, -0.1) is 0 Å². The fourth-order valence-corrected chi connectivity index (χ4v) is 3.18. The van der Waals surface area contributed by atoms with Gasteiger partial charge in [0.2, 0.25) is 10.0 Å². The van der Waals surface area contributed by atoms with Crippen LogP contribution in [0.2, 0.25) is 0 Å². The molecular weight excluding hydrogens is 240 g/mol. The predicted octanol–water partition coefficient (Wildman–Crippen LogP) is -0.325. The maximum Gasteiger partial charge on any atom is 0.244 e. The lowest BCUT2D eigenvalue weighted by molar-refractivity contribution is 0.472. The second-order valence-corrected chi connectivity index (χ2v) is 5.84. The lowest BCUT2D eigenvalue weighted by atomic mass is 10.3. The Kier molecular flexibility index (Phi) is 3.11. The number of sulfonamides is 1. The van der Waals surface area contributed by atoms with Crippen molar-refractivity contribution in [2.75, 3.05) is 13.1 Å². The van der Waals surface area contributed by atoms with Gasteiger partial charge in [-0.05, 0) is 18.6 Å². The average Bonchev–Trinajstić information content (AvgIpc) is 2.77. The zero-order chi connectivity index (χ0) is 12.5. The minimum atomic E-state index is -3.52. The fourth-order valence-electron chi connectivity index (χ4n) is 1.72. The smallest absolute Gasteiger partial charge is 0.244 e. The van der Waals surface area contributed by atoms with E-state index in [1.807, 2.05) is 6.07 Å². The monoisotopic (exact) mass is 252 g/mol. The molecule has 2 rings (SSSR count). The maximum atomic E-state index is 12.1. The summed E-state index contributed by atoms with van der Waals surface area (Å²) in [4.78, 5) is 3.86. The highest BCUT2D eigenvalue weighted by Crippen LogP contribution is 2.19. The predicted molar refractivity (Wildman–Crippen MR) is 60.3 cm³/mol. The highest BCUT2D eigenvalue weighted by molar-refractivity contribution is 7.89. The third kappa shape index (κ3) is 2.29. The molecule has 1 fully saturated rings. The topological polar surface area (TPSA) is 100 Å². The Morgan fingerprint density at radius 1 is 1.53 bits per heavy atom. The zero-order valence-corrected chi connectivity index (χ0v) is 9.89. The summed E-state index contributed by atoms with van der Waals surface area (Å²) >= 11 is 0. The molecule has 2 heterocycles. The van der Waals surface area contributed by atoms with E-state index in [9.17, 15) is 8.42 Å². The molecule has 90 valence electrons. The van der Waals surface area contributed by atoms with Gasteiger partial charge in [-0.2, -0.15) is 9.57 Å². The minimum absolute atomic E-state index is 0.101. The van der Waals surface area contributed by atoms with Crippen LogP contribution in [0, 0.1) is 11.3 Å². The molecule has 1 aromatic heterocycles. The largest absolute Gasteiger partial charge is 0.326 e. The van der Waals surface area contributed by atoms with E-state index in [4.69, 9.17) is 11.0 Å². The molecule has 1 unspecified atom stereocenters. The van der Waals surface area contributed by atoms with Crippen LogP contribution in [0.15, 0.2) is 23.2 Å². The van der Waals surface area contributed by atoms with Crippen LogP contribution >= 0.6 is 0 Å². The number of nitriles is 1. The van der Waals surface area contributed by atoms with Crippen molar-refractivity contribution in [3.8, 4) is 6.07 Å². The van der Waals surface area contributed by atoms with E-state index in [-0.39, 0.29) is 16.6 Å². The minimum Gasteiger partial charge on any atom is -0.326 e. The Hall–Kier alpha value is -1.49. The van der Waals surface area contributed by atoms with Gasteiger partial charge in [0.15, 0.2) is 0 Å². The van der Waals surface area contributed by atoms with Gasteiger partial charge >= 0.3 is 0 Å². The number of pyridine rings is 1. The van der Waals surface area contributed by atoms with Gasteiger partial charge in [-0.1, -0.05) is 0 Å². The summed E-state index contributed by atoms with van der Waals surface area (Å²) < 4.78 is 25.6. The first kappa shape index (κ1) is 12.0. The van der Waals surface area contributed by atoms with Crippen LogP contribution in [-0.4, -0.2) is 36.8 Å². The molecule has 1 aliphatic heterocycles. The van der Waals surface area contributed by atoms with Crippen molar-refractivity contribution < 1.29 is 8.42 Å². The normalized spacial score (nSPS) is 21.3. The molecular formula is C10H12N4O2S. The van der Waals surface area contributed by atoms with Crippen molar-refractivity contribution in [2.45, 2.75) is 17.4 Å². The molecule has 0 saturated carbocycles. The van der Waals surface area contributed by atoms with Gasteiger partial charge in [0.05, 0.1) is 0 Å². The van der Waals surface area contributed by atoms with Crippen molar-refractivity contribution in [3.63, 3.8) is 0 Å². The van der Waals surface area contributed by atoms with Gasteiger partial charge in [-0.3, -0.25) is 0 Å². The number of hydrogen-bond acceptors (Lipinski definition) is 5. The Morgan fingerprint density at radius 3 is 2.76 bits per heavy atom. The van der Waals surface area contributed by atoms with E-state index >= 15 is 0 Å². The summed E-state index contributed by atoms with van der Waals surface area (Å²) in [5.41, 5.74) is 5.88. The molecule has 0 aliphatic carbocycles. The lowest BCUT2D eigenvalue weighted by Gasteiger charge is -2.15. The van der Waals surface area contributed by atoms with Crippen molar-refractivity contribution in [1.29, 1.82) is 5.26 Å². The molecule has 1 atom stereocenters. The molecule has 17 heavy (non-hydrogen) atoms. The molecule has 1 saturated heterocycles. The summed E-state index contributed by atoms with van der Waals surface area (Å²) in [7, 11) is -3.52. The molecule has 0 radical (unpaired) electrons. The maximum absolute atomic E-state index is 12.1. The van der Waals surface area contributed by atoms with Crippen LogP contribution in [0.3, 0.4) is 0 Å². The van der Waals surface area contributed by atoms with Gasteiger partial charge in [0, 0.05) is 25.3 Å². The van der Waals surface area contributed by atoms with Crippen LogP contribution in [0.1, 0.15) is 12.1 Å². The molecule has 1 aromatic rings. The van der Waals surface area contributed by atoms with Crippen molar-refractivity contribution in [1.82, 2.24) is 9.29 Å². The number of hydrogen-bond donors (Lipinski definition) is 1. The van der Waals surface area contributed by atoms with Crippen molar-refractivity contribution in [2.24, 2.45) is 5.73 Å². The molecule has 0 aromatic carbocycles. The van der Waals surface area contributed by atoms with Gasteiger partial charge in [0.1, 0.15) is 16.7 Å². The number of aromatic nitrogens is 1. The van der Waals surface area contributed by atoms with Crippen LogP contribution < -0.4 is 5.73 Å². The Balaban J connectivity index is 2.29. The Morgan fingerprint density at radius 2 is 2.29 bits per heavy atom. The standard InChI is InChI=1S/C10H12N4O2S/c11-5-9-1-2-10(6-13-9)17(15,16)14-4-3-8(12)7-14/h1-2,6,8H,3-4,7,12H2. The molecule has 2 N–H and O–H groups in total. The SMILES string of the molecule is N#Cc1ccc(S(=O)(=O)N2CCC(N)C2)cn1.